The Morgan fingerprint density at radius 1 is 0.688 bits per heavy atom. The highest BCUT2D eigenvalue weighted by Gasteiger charge is 2.48. The Morgan fingerprint density at radius 3 is 1.75 bits per heavy atom. The van der Waals surface area contributed by atoms with E-state index >= 15 is 0 Å². The first-order valence-corrected chi connectivity index (χ1v) is 11.3. The van der Waals surface area contributed by atoms with Gasteiger partial charge >= 0.3 is 0 Å². The molecule has 1 aliphatic rings. The first kappa shape index (κ1) is 20.9. The van der Waals surface area contributed by atoms with Crippen molar-refractivity contribution >= 4 is 10.8 Å². The van der Waals surface area contributed by atoms with Crippen LogP contribution < -0.4 is 0 Å². The molecule has 0 bridgehead atoms. The smallest absolute Gasteiger partial charge is 0.221 e. The molecule has 2 heteroatoms. The van der Waals surface area contributed by atoms with Crippen molar-refractivity contribution in [1.82, 2.24) is 0 Å². The molecule has 0 radical (unpaired) electrons. The summed E-state index contributed by atoms with van der Waals surface area (Å²) in [6, 6.07) is 21.3. The molecule has 1 heterocycles. The van der Waals surface area contributed by atoms with Gasteiger partial charge in [-0.25, -0.2) is 0 Å². The summed E-state index contributed by atoms with van der Waals surface area (Å²) in [6.07, 6.45) is -0.333. The molecule has 0 amide bonds. The fraction of sp³-hybridized carbons (Fsp3) is 0.267. The molecule has 32 heavy (non-hydrogen) atoms. The van der Waals surface area contributed by atoms with E-state index in [0.717, 1.165) is 44.2 Å². The zero-order valence-corrected chi connectivity index (χ0v) is 19.7. The summed E-state index contributed by atoms with van der Waals surface area (Å²) in [5, 5.41) is 14.5. The van der Waals surface area contributed by atoms with Crippen molar-refractivity contribution in [2.45, 2.75) is 53.4 Å². The zero-order valence-electron chi connectivity index (χ0n) is 19.7. The SMILES string of the molecule is Cc1cc(C)c(C2OC(O)(c3c(C)cc(C)cc3C)c3cc4ccccc4cc32)c(C)c1. The van der Waals surface area contributed by atoms with Crippen LogP contribution in [0.3, 0.4) is 0 Å². The van der Waals surface area contributed by atoms with Gasteiger partial charge in [-0.3, -0.25) is 0 Å². The summed E-state index contributed by atoms with van der Waals surface area (Å²) in [4.78, 5) is 0. The third kappa shape index (κ3) is 3.09. The number of benzene rings is 4. The van der Waals surface area contributed by atoms with E-state index in [9.17, 15) is 5.11 Å². The average molecular weight is 423 g/mol. The molecule has 0 fully saturated rings. The molecule has 2 nitrogen and oxygen atoms in total. The van der Waals surface area contributed by atoms with Crippen molar-refractivity contribution in [3.05, 3.63) is 116 Å². The highest BCUT2D eigenvalue weighted by atomic mass is 16.6. The highest BCUT2D eigenvalue weighted by molar-refractivity contribution is 5.85. The minimum Gasteiger partial charge on any atom is -0.358 e. The molecule has 2 unspecified atom stereocenters. The lowest BCUT2D eigenvalue weighted by Crippen LogP contribution is -2.29. The average Bonchev–Trinajstić information content (AvgIpc) is 2.97. The maximum atomic E-state index is 12.3. The monoisotopic (exact) mass is 422 g/mol. The fourth-order valence-corrected chi connectivity index (χ4v) is 5.79. The summed E-state index contributed by atoms with van der Waals surface area (Å²) >= 11 is 0. The Kier molecular flexibility index (Phi) is 4.77. The van der Waals surface area contributed by atoms with Crippen molar-refractivity contribution in [2.75, 3.05) is 0 Å². The lowest BCUT2D eigenvalue weighted by atomic mass is 9.85. The number of hydrogen-bond donors (Lipinski definition) is 1. The first-order valence-electron chi connectivity index (χ1n) is 11.3. The molecule has 0 saturated heterocycles. The second kappa shape index (κ2) is 7.30. The second-order valence-electron chi connectivity index (χ2n) is 9.51. The van der Waals surface area contributed by atoms with Gasteiger partial charge in [-0.1, -0.05) is 59.7 Å². The van der Waals surface area contributed by atoms with Gasteiger partial charge in [0, 0.05) is 11.1 Å². The molecule has 1 N–H and O–H groups in total. The van der Waals surface area contributed by atoms with Crippen molar-refractivity contribution in [3.8, 4) is 0 Å². The number of hydrogen-bond acceptors (Lipinski definition) is 2. The van der Waals surface area contributed by atoms with E-state index in [2.05, 4.69) is 96.1 Å². The van der Waals surface area contributed by atoms with Gasteiger partial charge in [0.1, 0.15) is 6.10 Å². The number of ether oxygens (including phenoxy) is 1. The Balaban J connectivity index is 1.83. The van der Waals surface area contributed by atoms with Gasteiger partial charge in [0.25, 0.3) is 0 Å². The first-order chi connectivity index (χ1) is 15.2. The van der Waals surface area contributed by atoms with E-state index in [4.69, 9.17) is 4.74 Å². The van der Waals surface area contributed by atoms with Crippen LogP contribution in [-0.4, -0.2) is 5.11 Å². The lowest BCUT2D eigenvalue weighted by molar-refractivity contribution is -0.184. The molecule has 162 valence electrons. The van der Waals surface area contributed by atoms with Crippen LogP contribution in [-0.2, 0) is 10.5 Å². The minimum atomic E-state index is -1.50. The molecule has 4 aromatic carbocycles. The molecule has 4 aromatic rings. The zero-order chi connectivity index (χ0) is 22.8. The van der Waals surface area contributed by atoms with E-state index < -0.39 is 5.79 Å². The van der Waals surface area contributed by atoms with Gasteiger partial charge in [-0.05, 0) is 97.8 Å². The van der Waals surface area contributed by atoms with Crippen LogP contribution in [0.5, 0.6) is 0 Å². The van der Waals surface area contributed by atoms with Crippen LogP contribution in [0.2, 0.25) is 0 Å². The molecule has 5 rings (SSSR count). The normalized spacial score (nSPS) is 20.0. The van der Waals surface area contributed by atoms with E-state index in [1.165, 1.54) is 22.3 Å². The van der Waals surface area contributed by atoms with Gasteiger partial charge in [0.15, 0.2) is 0 Å². The topological polar surface area (TPSA) is 29.5 Å². The fourth-order valence-electron chi connectivity index (χ4n) is 5.79. The Bertz CT molecular complexity index is 1340. The van der Waals surface area contributed by atoms with Gasteiger partial charge < -0.3 is 9.84 Å². The molecular weight excluding hydrogens is 392 g/mol. The van der Waals surface area contributed by atoms with Gasteiger partial charge in [-0.2, -0.15) is 0 Å². The molecule has 0 aromatic heterocycles. The standard InChI is InChI=1S/C30H30O2/c1-17-11-19(3)27(20(4)12-17)29-25-15-23-9-7-8-10-24(23)16-26(25)30(31,32-29)28-21(5)13-18(2)14-22(28)6/h7-16,29,31H,1-6H3. The summed E-state index contributed by atoms with van der Waals surface area (Å²) in [7, 11) is 0. The second-order valence-corrected chi connectivity index (χ2v) is 9.51. The van der Waals surface area contributed by atoms with Gasteiger partial charge in [0.05, 0.1) is 0 Å². The van der Waals surface area contributed by atoms with E-state index in [-0.39, 0.29) is 6.10 Å². The Labute approximate surface area is 190 Å². The van der Waals surface area contributed by atoms with Gasteiger partial charge in [0.2, 0.25) is 5.79 Å². The summed E-state index contributed by atoms with van der Waals surface area (Å²) in [6.45, 7) is 12.6. The molecule has 2 atom stereocenters. The van der Waals surface area contributed by atoms with Crippen LogP contribution in [0, 0.1) is 41.5 Å². The largest absolute Gasteiger partial charge is 0.358 e. The number of rotatable bonds is 2. The third-order valence-electron chi connectivity index (χ3n) is 6.87. The summed E-state index contributed by atoms with van der Waals surface area (Å²) < 4.78 is 6.72. The predicted molar refractivity (Wildman–Crippen MR) is 131 cm³/mol. The van der Waals surface area contributed by atoms with E-state index in [0.29, 0.717) is 0 Å². The third-order valence-corrected chi connectivity index (χ3v) is 6.87. The molecule has 0 saturated carbocycles. The highest BCUT2D eigenvalue weighted by Crippen LogP contribution is 2.52. The molecule has 1 aliphatic heterocycles. The van der Waals surface area contributed by atoms with Crippen LogP contribution in [0.4, 0.5) is 0 Å². The van der Waals surface area contributed by atoms with Crippen molar-refractivity contribution in [2.24, 2.45) is 0 Å². The van der Waals surface area contributed by atoms with Crippen molar-refractivity contribution in [1.29, 1.82) is 0 Å². The number of aryl methyl sites for hydroxylation is 6. The van der Waals surface area contributed by atoms with Crippen LogP contribution >= 0.6 is 0 Å². The minimum absolute atomic E-state index is 0.333. The lowest BCUT2D eigenvalue weighted by Gasteiger charge is -2.29. The van der Waals surface area contributed by atoms with Crippen LogP contribution in [0.1, 0.15) is 61.7 Å². The van der Waals surface area contributed by atoms with E-state index in [1.54, 1.807) is 0 Å². The predicted octanol–water partition coefficient (Wildman–Crippen LogP) is 7.00. The maximum absolute atomic E-state index is 12.3. The van der Waals surface area contributed by atoms with Gasteiger partial charge in [-0.15, -0.1) is 0 Å². The summed E-state index contributed by atoms with van der Waals surface area (Å²) in [5.74, 6) is -1.50. The number of fused-ring (bicyclic) bond motifs is 2. The Hall–Kier alpha value is -2.94. The van der Waals surface area contributed by atoms with Crippen LogP contribution in [0.25, 0.3) is 10.8 Å². The number of aliphatic hydroxyl groups is 1. The Morgan fingerprint density at radius 2 is 1.19 bits per heavy atom. The maximum Gasteiger partial charge on any atom is 0.221 e. The van der Waals surface area contributed by atoms with Crippen molar-refractivity contribution < 1.29 is 9.84 Å². The quantitative estimate of drug-likeness (QED) is 0.377. The van der Waals surface area contributed by atoms with Crippen molar-refractivity contribution in [3.63, 3.8) is 0 Å². The molecular formula is C30H30O2. The van der Waals surface area contributed by atoms with Crippen LogP contribution in [0.15, 0.2) is 60.7 Å². The van der Waals surface area contributed by atoms with E-state index in [1.807, 2.05) is 6.07 Å². The molecule has 0 aliphatic carbocycles. The molecule has 0 spiro atoms. The summed E-state index contributed by atoms with van der Waals surface area (Å²) in [5.41, 5.74) is 10.8.